The van der Waals surface area contributed by atoms with Gasteiger partial charge in [0.1, 0.15) is 5.01 Å². The lowest BCUT2D eigenvalue weighted by Gasteiger charge is -2.29. The molecular formula is C20H26FN3OS. The molecule has 2 heterocycles. The first-order valence-electron chi connectivity index (χ1n) is 9.44. The monoisotopic (exact) mass is 375 g/mol. The van der Waals surface area contributed by atoms with Gasteiger partial charge >= 0.3 is 0 Å². The molecule has 0 radical (unpaired) electrons. The molecule has 1 aliphatic heterocycles. The maximum atomic E-state index is 14.3. The van der Waals surface area contributed by atoms with Crippen LogP contribution in [0.1, 0.15) is 36.8 Å². The standard InChI is InChI=1S/C20H26FN3OS/c1-2-25-17-4-3-15(11-16(17)21)13-24(14-19-23-9-10-26-19)18-12-20(18)5-7-22-8-6-20/h3-4,9-11,18,22H,2,5-8,12-14H2,1H3. The summed E-state index contributed by atoms with van der Waals surface area (Å²) in [4.78, 5) is 6.97. The van der Waals surface area contributed by atoms with E-state index in [1.54, 1.807) is 23.5 Å². The van der Waals surface area contributed by atoms with Crippen LogP contribution in [0.15, 0.2) is 29.8 Å². The van der Waals surface area contributed by atoms with E-state index in [0.717, 1.165) is 36.8 Å². The fraction of sp³-hybridized carbons (Fsp3) is 0.550. The first-order chi connectivity index (χ1) is 12.7. The number of nitrogens with zero attached hydrogens (tertiary/aromatic N) is 2. The molecule has 1 aromatic carbocycles. The van der Waals surface area contributed by atoms with Crippen LogP contribution >= 0.6 is 11.3 Å². The fourth-order valence-corrected chi connectivity index (χ4v) is 4.88. The number of thiazole rings is 1. The highest BCUT2D eigenvalue weighted by Gasteiger charge is 2.56. The van der Waals surface area contributed by atoms with Crippen molar-refractivity contribution in [2.75, 3.05) is 19.7 Å². The van der Waals surface area contributed by atoms with Crippen molar-refractivity contribution in [3.8, 4) is 5.75 Å². The molecule has 0 bridgehead atoms. The van der Waals surface area contributed by atoms with Crippen molar-refractivity contribution in [2.24, 2.45) is 5.41 Å². The van der Waals surface area contributed by atoms with E-state index in [4.69, 9.17) is 4.74 Å². The molecule has 1 saturated heterocycles. The molecule has 1 atom stereocenters. The lowest BCUT2D eigenvalue weighted by molar-refractivity contribution is 0.187. The van der Waals surface area contributed by atoms with Gasteiger partial charge < -0.3 is 10.1 Å². The average molecular weight is 376 g/mol. The van der Waals surface area contributed by atoms with Gasteiger partial charge in [-0.1, -0.05) is 6.07 Å². The highest BCUT2D eigenvalue weighted by molar-refractivity contribution is 7.09. The van der Waals surface area contributed by atoms with Crippen LogP contribution in [-0.4, -0.2) is 35.6 Å². The van der Waals surface area contributed by atoms with Crippen LogP contribution in [0.5, 0.6) is 5.75 Å². The number of benzene rings is 1. The molecule has 140 valence electrons. The lowest BCUT2D eigenvalue weighted by Crippen LogP contribution is -2.35. The zero-order valence-corrected chi connectivity index (χ0v) is 16.0. The average Bonchev–Trinajstić information content (AvgIpc) is 3.07. The van der Waals surface area contributed by atoms with Crippen LogP contribution in [0, 0.1) is 11.2 Å². The number of hydrogen-bond acceptors (Lipinski definition) is 5. The van der Waals surface area contributed by atoms with Gasteiger partial charge in [0.2, 0.25) is 0 Å². The molecular weight excluding hydrogens is 349 g/mol. The predicted molar refractivity (Wildman–Crippen MR) is 102 cm³/mol. The molecule has 4 nitrogen and oxygen atoms in total. The second-order valence-electron chi connectivity index (χ2n) is 7.36. The SMILES string of the molecule is CCOc1ccc(CN(Cc2nccs2)C2CC23CCNCC3)cc1F. The van der Waals surface area contributed by atoms with Crippen molar-refractivity contribution in [1.82, 2.24) is 15.2 Å². The Kier molecular flexibility index (Phi) is 5.25. The van der Waals surface area contributed by atoms with Gasteiger partial charge in [-0.2, -0.15) is 0 Å². The Morgan fingerprint density at radius 3 is 2.88 bits per heavy atom. The number of ether oxygens (including phenoxy) is 1. The summed E-state index contributed by atoms with van der Waals surface area (Å²) in [7, 11) is 0. The Morgan fingerprint density at radius 2 is 2.19 bits per heavy atom. The molecule has 1 spiro atoms. The van der Waals surface area contributed by atoms with E-state index in [2.05, 4.69) is 15.2 Å². The summed E-state index contributed by atoms with van der Waals surface area (Å²) >= 11 is 1.70. The van der Waals surface area contributed by atoms with Gasteiger partial charge in [0.05, 0.1) is 13.2 Å². The van der Waals surface area contributed by atoms with E-state index in [9.17, 15) is 4.39 Å². The van der Waals surface area contributed by atoms with E-state index in [0.29, 0.717) is 23.8 Å². The summed E-state index contributed by atoms with van der Waals surface area (Å²) in [5.74, 6) is 0.0647. The van der Waals surface area contributed by atoms with Crippen molar-refractivity contribution in [3.05, 3.63) is 46.2 Å². The van der Waals surface area contributed by atoms with Gasteiger partial charge in [-0.15, -0.1) is 11.3 Å². The number of rotatable bonds is 7. The van der Waals surface area contributed by atoms with Crippen LogP contribution in [0.4, 0.5) is 4.39 Å². The van der Waals surface area contributed by atoms with E-state index in [1.165, 1.54) is 19.3 Å². The van der Waals surface area contributed by atoms with Crippen molar-refractivity contribution in [1.29, 1.82) is 0 Å². The lowest BCUT2D eigenvalue weighted by atomic mass is 9.93. The number of piperidine rings is 1. The van der Waals surface area contributed by atoms with Crippen molar-refractivity contribution >= 4 is 11.3 Å². The van der Waals surface area contributed by atoms with Gasteiger partial charge in [0.15, 0.2) is 11.6 Å². The Morgan fingerprint density at radius 1 is 1.35 bits per heavy atom. The molecule has 26 heavy (non-hydrogen) atoms. The van der Waals surface area contributed by atoms with E-state index < -0.39 is 0 Å². The van der Waals surface area contributed by atoms with Gasteiger partial charge in [-0.3, -0.25) is 4.90 Å². The largest absolute Gasteiger partial charge is 0.491 e. The summed E-state index contributed by atoms with van der Waals surface area (Å²) in [5, 5.41) is 6.63. The summed E-state index contributed by atoms with van der Waals surface area (Å²) in [6.07, 6.45) is 5.59. The third-order valence-corrected chi connectivity index (χ3v) is 6.45. The first kappa shape index (κ1) is 17.9. The minimum absolute atomic E-state index is 0.272. The second kappa shape index (κ2) is 7.62. The maximum Gasteiger partial charge on any atom is 0.165 e. The number of halogens is 1. The molecule has 2 aromatic rings. The topological polar surface area (TPSA) is 37.4 Å². The van der Waals surface area contributed by atoms with Crippen LogP contribution in [0.2, 0.25) is 0 Å². The minimum atomic E-state index is -0.272. The Bertz CT molecular complexity index is 731. The van der Waals surface area contributed by atoms with E-state index in [1.807, 2.05) is 24.6 Å². The summed E-state index contributed by atoms with van der Waals surface area (Å²) < 4.78 is 19.6. The molecule has 1 aromatic heterocycles. The molecule has 2 fully saturated rings. The zero-order chi connectivity index (χ0) is 18.0. The minimum Gasteiger partial charge on any atom is -0.491 e. The second-order valence-corrected chi connectivity index (χ2v) is 8.34. The Labute approximate surface area is 158 Å². The third-order valence-electron chi connectivity index (χ3n) is 5.69. The zero-order valence-electron chi connectivity index (χ0n) is 15.2. The first-order valence-corrected chi connectivity index (χ1v) is 10.3. The molecule has 0 amide bonds. The van der Waals surface area contributed by atoms with Crippen molar-refractivity contribution in [2.45, 2.75) is 45.3 Å². The molecule has 1 N–H and O–H groups in total. The normalized spacial score (nSPS) is 21.3. The summed E-state index contributed by atoms with van der Waals surface area (Å²) in [5.41, 5.74) is 1.45. The molecule has 2 aliphatic rings. The number of hydrogen-bond donors (Lipinski definition) is 1. The maximum absolute atomic E-state index is 14.3. The molecule has 1 aliphatic carbocycles. The molecule has 6 heteroatoms. The highest BCUT2D eigenvalue weighted by atomic mass is 32.1. The fourth-order valence-electron chi connectivity index (χ4n) is 4.24. The Hall–Kier alpha value is -1.50. The molecule has 1 unspecified atom stereocenters. The van der Waals surface area contributed by atoms with E-state index >= 15 is 0 Å². The quantitative estimate of drug-likeness (QED) is 0.798. The molecule has 1 saturated carbocycles. The summed E-state index contributed by atoms with van der Waals surface area (Å²) in [6.45, 7) is 6.16. The number of nitrogens with one attached hydrogen (secondary N) is 1. The van der Waals surface area contributed by atoms with Crippen molar-refractivity contribution in [3.63, 3.8) is 0 Å². The van der Waals surface area contributed by atoms with Crippen molar-refractivity contribution < 1.29 is 9.13 Å². The van der Waals surface area contributed by atoms with Gasteiger partial charge in [-0.05, 0) is 62.4 Å². The van der Waals surface area contributed by atoms with Crippen LogP contribution < -0.4 is 10.1 Å². The highest BCUT2D eigenvalue weighted by Crippen LogP contribution is 2.56. The summed E-state index contributed by atoms with van der Waals surface area (Å²) in [6, 6.07) is 5.93. The van der Waals surface area contributed by atoms with E-state index in [-0.39, 0.29) is 5.82 Å². The molecule has 4 rings (SSSR count). The van der Waals surface area contributed by atoms with Gasteiger partial charge in [0.25, 0.3) is 0 Å². The van der Waals surface area contributed by atoms with Crippen LogP contribution in [0.3, 0.4) is 0 Å². The Balaban J connectivity index is 1.51. The predicted octanol–water partition coefficient (Wildman–Crippen LogP) is 3.83. The van der Waals surface area contributed by atoms with Gasteiger partial charge in [-0.25, -0.2) is 9.37 Å². The van der Waals surface area contributed by atoms with Crippen LogP contribution in [-0.2, 0) is 13.1 Å². The number of aromatic nitrogens is 1. The van der Waals surface area contributed by atoms with Gasteiger partial charge in [0, 0.05) is 24.2 Å². The van der Waals surface area contributed by atoms with Crippen LogP contribution in [0.25, 0.3) is 0 Å². The smallest absolute Gasteiger partial charge is 0.165 e. The third kappa shape index (κ3) is 3.77.